The number of nitrogens with zero attached hydrogens (tertiary/aromatic N) is 3. The molecule has 0 saturated carbocycles. The Morgan fingerprint density at radius 3 is 2.24 bits per heavy atom. The molecule has 2 N–H and O–H groups in total. The quantitative estimate of drug-likeness (QED) is 0.164. The molecule has 4 saturated heterocycles. The van der Waals surface area contributed by atoms with E-state index in [4.69, 9.17) is 37.9 Å². The van der Waals surface area contributed by atoms with Gasteiger partial charge in [-0.05, 0) is 112 Å². The molecule has 382 valence electrons. The molecule has 0 aliphatic carbocycles. The second-order valence-corrected chi connectivity index (χ2v) is 21.1. The molecule has 2 unspecified atom stereocenters. The smallest absolute Gasteiger partial charge is 0.410 e. The first kappa shape index (κ1) is 54.0. The number of methoxy groups -OCH3 is 2. The predicted octanol–water partition coefficient (Wildman–Crippen LogP) is 6.48. The first-order chi connectivity index (χ1) is 32.0. The van der Waals surface area contributed by atoms with Gasteiger partial charge in [0.2, 0.25) is 0 Å². The number of aliphatic hydroxyl groups is 2. The molecule has 18 atom stereocenters. The van der Waals surface area contributed by atoms with E-state index in [1.54, 1.807) is 39.7 Å². The van der Waals surface area contributed by atoms with E-state index in [-0.39, 0.29) is 37.2 Å². The van der Waals surface area contributed by atoms with Gasteiger partial charge in [0.1, 0.15) is 24.1 Å². The summed E-state index contributed by atoms with van der Waals surface area (Å²) in [5.41, 5.74) is -1.62. The van der Waals surface area contributed by atoms with Crippen LogP contribution in [0, 0.1) is 23.7 Å². The highest BCUT2D eigenvalue weighted by atomic mass is 16.7. The number of aromatic nitrogens is 1. The van der Waals surface area contributed by atoms with Gasteiger partial charge in [-0.15, -0.1) is 0 Å². The van der Waals surface area contributed by atoms with Crippen molar-refractivity contribution in [2.45, 2.75) is 198 Å². The van der Waals surface area contributed by atoms with Gasteiger partial charge in [0.05, 0.1) is 53.1 Å². The van der Waals surface area contributed by atoms with E-state index in [0.29, 0.717) is 19.4 Å². The van der Waals surface area contributed by atoms with E-state index in [0.717, 1.165) is 23.7 Å². The summed E-state index contributed by atoms with van der Waals surface area (Å²) in [6.07, 6.45) is -3.44. The number of fused-ring (bicyclic) bond motifs is 2. The van der Waals surface area contributed by atoms with Crippen molar-refractivity contribution >= 4 is 28.7 Å². The maximum atomic E-state index is 15.1. The summed E-state index contributed by atoms with van der Waals surface area (Å²) in [4.78, 5) is 52.4. The van der Waals surface area contributed by atoms with Crippen molar-refractivity contribution in [3.8, 4) is 0 Å². The van der Waals surface area contributed by atoms with Gasteiger partial charge in [-0.1, -0.05) is 45.9 Å². The third-order valence-electron chi connectivity index (χ3n) is 16.0. The fraction of sp³-hybridized carbons (Fsp3) is 0.769. The number of amides is 1. The number of unbranched alkanes of at least 4 members (excludes halogenated alkanes) is 1. The maximum Gasteiger partial charge on any atom is 0.410 e. The second-order valence-electron chi connectivity index (χ2n) is 21.1. The van der Waals surface area contributed by atoms with Crippen LogP contribution >= 0.6 is 0 Å². The van der Waals surface area contributed by atoms with Crippen LogP contribution in [-0.2, 0) is 53.9 Å². The van der Waals surface area contributed by atoms with Gasteiger partial charge < -0.3 is 57.9 Å². The molecule has 1 aromatic heterocycles. The Kier molecular flexibility index (Phi) is 17.5. The molecule has 0 bridgehead atoms. The van der Waals surface area contributed by atoms with Crippen LogP contribution < -0.4 is 0 Å². The molecule has 1 amide bonds. The monoisotopic (exact) mass is 956 g/mol. The number of Topliss-reactive ketones (excluding diaryl/α,β-unsaturated/α-hetero) is 1. The average Bonchev–Trinajstić information content (AvgIpc) is 3.57. The number of cyclic esters (lactones) is 1. The summed E-state index contributed by atoms with van der Waals surface area (Å²) in [6, 6.07) is 8.97. The average molecular weight is 956 g/mol. The molecule has 16 nitrogen and oxygen atoms in total. The molecule has 5 heterocycles. The lowest BCUT2D eigenvalue weighted by molar-refractivity contribution is -0.319. The number of ketones is 1. The number of rotatable bonds is 13. The minimum atomic E-state index is -1.41. The van der Waals surface area contributed by atoms with E-state index < -0.39 is 108 Å². The van der Waals surface area contributed by atoms with Crippen molar-refractivity contribution < 1.29 is 62.5 Å². The molecule has 0 spiro atoms. The number of hydrogen-bond donors (Lipinski definition) is 2. The fourth-order valence-electron chi connectivity index (χ4n) is 11.8. The van der Waals surface area contributed by atoms with Gasteiger partial charge in [-0.3, -0.25) is 14.6 Å². The van der Waals surface area contributed by atoms with E-state index in [1.807, 2.05) is 91.0 Å². The molecule has 4 aliphatic heterocycles. The zero-order valence-electron chi connectivity index (χ0n) is 43.0. The first-order valence-corrected chi connectivity index (χ1v) is 24.8. The molecule has 16 heteroatoms. The van der Waals surface area contributed by atoms with Gasteiger partial charge in [0.25, 0.3) is 0 Å². The van der Waals surface area contributed by atoms with Crippen molar-refractivity contribution in [3.63, 3.8) is 0 Å². The Morgan fingerprint density at radius 2 is 1.57 bits per heavy atom. The number of aryl methyl sites for hydroxylation is 1. The van der Waals surface area contributed by atoms with E-state index in [2.05, 4.69) is 11.1 Å². The number of esters is 1. The molecule has 4 fully saturated rings. The molecule has 0 radical (unpaired) electrons. The number of likely N-dealkylation sites (N-methyl/N-ethyl adjacent to an activating group) is 1. The summed E-state index contributed by atoms with van der Waals surface area (Å²) in [6.45, 7) is 18.6. The molecule has 1 aromatic carbocycles. The third-order valence-corrected chi connectivity index (χ3v) is 16.0. The molecule has 2 aromatic rings. The van der Waals surface area contributed by atoms with Crippen molar-refractivity contribution in [1.29, 1.82) is 0 Å². The van der Waals surface area contributed by atoms with Crippen LogP contribution in [0.25, 0.3) is 10.9 Å². The minimum absolute atomic E-state index is 0.126. The Hall–Kier alpha value is -3.32. The number of aliphatic hydroxyl groups excluding tert-OH is 2. The SMILES string of the molecule is CC[C@@H]1OC(=O)[C@H](C)C(OC2C[C@@](C)(OC)[C@@H](O)[C@H](C)O2)[C@H](C)[C@@H](O[C@@H]2O[C@H](C)C[C@H](N(C)C)[C@H]2O)[C@](C)(OC)C[C@@H](C)C(=O)[C@@H](C)[C@H]2N(CCCCc3ccnc4ccccc34)C(=O)O[C@]12C. The zero-order chi connectivity index (χ0) is 50.0. The molecular formula is C52H81N3O13. The number of carbonyl (C=O) groups is 3. The van der Waals surface area contributed by atoms with E-state index >= 15 is 4.79 Å². The van der Waals surface area contributed by atoms with Gasteiger partial charge in [-0.2, -0.15) is 0 Å². The van der Waals surface area contributed by atoms with E-state index in [9.17, 15) is 19.8 Å². The molecule has 4 aliphatic rings. The highest BCUT2D eigenvalue weighted by molar-refractivity contribution is 5.85. The van der Waals surface area contributed by atoms with Gasteiger partial charge in [-0.25, -0.2) is 4.79 Å². The number of carbonyl (C=O) groups excluding carboxylic acids is 3. The summed E-state index contributed by atoms with van der Waals surface area (Å²) in [5, 5.41) is 24.1. The summed E-state index contributed by atoms with van der Waals surface area (Å²) in [5.74, 6) is -3.86. The Labute approximate surface area is 404 Å². The predicted molar refractivity (Wildman–Crippen MR) is 254 cm³/mol. The number of hydrogen-bond acceptors (Lipinski definition) is 15. The van der Waals surface area contributed by atoms with Crippen LogP contribution in [0.3, 0.4) is 0 Å². The lowest BCUT2D eigenvalue weighted by atomic mass is 9.73. The summed E-state index contributed by atoms with van der Waals surface area (Å²) < 4.78 is 51.8. The van der Waals surface area contributed by atoms with Crippen LogP contribution in [0.2, 0.25) is 0 Å². The second kappa shape index (κ2) is 22.0. The van der Waals surface area contributed by atoms with Crippen molar-refractivity contribution in [3.05, 3.63) is 42.1 Å². The minimum Gasteiger partial charge on any atom is -0.458 e. The van der Waals surface area contributed by atoms with Crippen LogP contribution in [0.5, 0.6) is 0 Å². The van der Waals surface area contributed by atoms with Crippen molar-refractivity contribution in [2.75, 3.05) is 34.9 Å². The number of pyridine rings is 1. The topological polar surface area (TPSA) is 185 Å². The van der Waals surface area contributed by atoms with Crippen molar-refractivity contribution in [1.82, 2.24) is 14.8 Å². The molecule has 6 rings (SSSR count). The summed E-state index contributed by atoms with van der Waals surface area (Å²) >= 11 is 0. The van der Waals surface area contributed by atoms with Crippen LogP contribution in [-0.4, -0.2) is 162 Å². The maximum absolute atomic E-state index is 15.1. The number of ether oxygens (including phenoxy) is 8. The Balaban J connectivity index is 1.39. The van der Waals surface area contributed by atoms with Gasteiger partial charge in [0.15, 0.2) is 18.2 Å². The van der Waals surface area contributed by atoms with Crippen molar-refractivity contribution in [2.24, 2.45) is 23.7 Å². The lowest BCUT2D eigenvalue weighted by Crippen LogP contribution is -2.61. The van der Waals surface area contributed by atoms with E-state index in [1.165, 1.54) is 12.7 Å². The normalized spacial score (nSPS) is 41.0. The zero-order valence-corrected chi connectivity index (χ0v) is 43.0. The number of benzene rings is 1. The first-order valence-electron chi connectivity index (χ1n) is 24.8. The fourth-order valence-corrected chi connectivity index (χ4v) is 11.8. The van der Waals surface area contributed by atoms with Crippen LogP contribution in [0.15, 0.2) is 36.5 Å². The lowest BCUT2D eigenvalue weighted by Gasteiger charge is -2.50. The molecule has 68 heavy (non-hydrogen) atoms. The standard InChI is InChI=1S/C52H81N3O13/c1-15-39-52(10)44(55(49(60)68-52)25-19-18-20-35-23-24-53-37-22-17-16-21-36(35)37)31(4)41(56)29(2)27-51(9,62-14)46(67-48-42(57)38(54(11)12)26-30(3)63-48)32(5)43(33(6)47(59)65-39)66-40-28-50(8,61-13)45(58)34(7)64-40/h16-17,21-24,29-34,38-40,42-46,48,57-58H,15,18-20,25-28H2,1-14H3/t29-,30-,31-,32+,33-,34+,38+,39+,40?,42-,43?,44-,45+,46-,48+,50-,51-,52-/m1/s1. The van der Waals surface area contributed by atoms with Gasteiger partial charge >= 0.3 is 12.1 Å². The Bertz CT molecular complexity index is 2040. The molecular weight excluding hydrogens is 875 g/mol. The highest BCUT2D eigenvalue weighted by Gasteiger charge is 2.61. The van der Waals surface area contributed by atoms with Crippen LogP contribution in [0.1, 0.15) is 113 Å². The number of para-hydroxylation sites is 1. The highest BCUT2D eigenvalue weighted by Crippen LogP contribution is 2.45. The summed E-state index contributed by atoms with van der Waals surface area (Å²) in [7, 11) is 6.88. The van der Waals surface area contributed by atoms with Crippen LogP contribution in [0.4, 0.5) is 4.79 Å². The third kappa shape index (κ3) is 10.9. The largest absolute Gasteiger partial charge is 0.458 e. The Morgan fingerprint density at radius 1 is 0.882 bits per heavy atom. The van der Waals surface area contributed by atoms with Gasteiger partial charge in [0, 0.05) is 62.6 Å².